The number of benzene rings is 2. The molecule has 5 heteroatoms. The summed E-state index contributed by atoms with van der Waals surface area (Å²) in [6, 6.07) is 18.0. The van der Waals surface area contributed by atoms with Crippen molar-refractivity contribution in [2.75, 3.05) is 26.2 Å². The summed E-state index contributed by atoms with van der Waals surface area (Å²) in [5, 5.41) is 3.54. The van der Waals surface area contributed by atoms with Crippen molar-refractivity contribution < 1.29 is 0 Å². The fraction of sp³-hybridized carbons (Fsp3) is 0.368. The number of rotatable bonds is 2. The first-order chi connectivity index (χ1) is 10.9. The number of hydrogen-bond acceptors (Lipinski definition) is 3. The van der Waals surface area contributed by atoms with Crippen LogP contribution in [0.3, 0.4) is 0 Å². The molecule has 0 amide bonds. The number of halogens is 2. The Hall–Kier alpha value is -1.10. The molecule has 1 saturated heterocycles. The summed E-state index contributed by atoms with van der Waals surface area (Å²) in [5.41, 5.74) is 11.7. The van der Waals surface area contributed by atoms with Gasteiger partial charge >= 0.3 is 0 Å². The molecule has 130 valence electrons. The maximum Gasteiger partial charge on any atom is 0.0476 e. The second-order valence-electron chi connectivity index (χ2n) is 6.30. The number of nitrogens with two attached hydrogens (primary N) is 1. The van der Waals surface area contributed by atoms with E-state index in [9.17, 15) is 0 Å². The van der Waals surface area contributed by atoms with Crippen LogP contribution in [-0.2, 0) is 6.54 Å². The van der Waals surface area contributed by atoms with E-state index in [4.69, 9.17) is 5.73 Å². The lowest BCUT2D eigenvalue weighted by Gasteiger charge is -2.45. The van der Waals surface area contributed by atoms with Crippen molar-refractivity contribution in [2.45, 2.75) is 18.5 Å². The molecule has 2 heterocycles. The molecule has 3 nitrogen and oxygen atoms in total. The highest BCUT2D eigenvalue weighted by Crippen LogP contribution is 2.41. The van der Waals surface area contributed by atoms with Crippen molar-refractivity contribution >= 4 is 24.8 Å². The highest BCUT2D eigenvalue weighted by molar-refractivity contribution is 5.85. The summed E-state index contributed by atoms with van der Waals surface area (Å²) >= 11 is 0. The van der Waals surface area contributed by atoms with Gasteiger partial charge in [0.25, 0.3) is 0 Å². The molecule has 24 heavy (non-hydrogen) atoms. The van der Waals surface area contributed by atoms with Crippen LogP contribution in [0.25, 0.3) is 0 Å². The normalized spacial score (nSPS) is 22.5. The molecule has 2 aliphatic heterocycles. The maximum atomic E-state index is 6.05. The quantitative estimate of drug-likeness (QED) is 0.858. The van der Waals surface area contributed by atoms with Gasteiger partial charge in [0.15, 0.2) is 0 Å². The highest BCUT2D eigenvalue weighted by Gasteiger charge is 2.35. The molecule has 1 fully saturated rings. The zero-order chi connectivity index (χ0) is 14.9. The van der Waals surface area contributed by atoms with E-state index < -0.39 is 0 Å². The van der Waals surface area contributed by atoms with E-state index in [2.05, 4.69) is 58.7 Å². The molecule has 0 spiro atoms. The molecule has 0 radical (unpaired) electrons. The van der Waals surface area contributed by atoms with Gasteiger partial charge in [0, 0.05) is 44.7 Å². The van der Waals surface area contributed by atoms with Crippen molar-refractivity contribution in [3.8, 4) is 0 Å². The molecule has 3 N–H and O–H groups in total. The van der Waals surface area contributed by atoms with Crippen LogP contribution in [0.4, 0.5) is 0 Å². The largest absolute Gasteiger partial charge is 0.326 e. The van der Waals surface area contributed by atoms with E-state index in [0.29, 0.717) is 18.5 Å². The number of hydrogen-bond donors (Lipinski definition) is 2. The third-order valence-electron chi connectivity index (χ3n) is 5.13. The zero-order valence-electron chi connectivity index (χ0n) is 13.7. The van der Waals surface area contributed by atoms with E-state index in [0.717, 1.165) is 26.2 Å². The van der Waals surface area contributed by atoms with Gasteiger partial charge in [-0.15, -0.1) is 24.8 Å². The van der Waals surface area contributed by atoms with Crippen LogP contribution in [0.1, 0.15) is 34.2 Å². The lowest BCUT2D eigenvalue weighted by atomic mass is 9.78. The minimum absolute atomic E-state index is 0. The molecule has 2 aliphatic rings. The maximum absolute atomic E-state index is 6.05. The Labute approximate surface area is 156 Å². The minimum atomic E-state index is 0. The Bertz CT molecular complexity index is 663. The third kappa shape index (κ3) is 3.32. The van der Waals surface area contributed by atoms with Gasteiger partial charge in [0.05, 0.1) is 0 Å². The number of fused-ring (bicyclic) bond motifs is 3. The van der Waals surface area contributed by atoms with Crippen LogP contribution in [0.2, 0.25) is 0 Å². The van der Waals surface area contributed by atoms with Crippen molar-refractivity contribution in [3.05, 3.63) is 70.8 Å². The third-order valence-corrected chi connectivity index (χ3v) is 5.13. The fourth-order valence-corrected chi connectivity index (χ4v) is 4.08. The van der Waals surface area contributed by atoms with Crippen LogP contribution >= 0.6 is 24.8 Å². The van der Waals surface area contributed by atoms with E-state index in [1.807, 2.05) is 0 Å². The molecule has 0 unspecified atom stereocenters. The topological polar surface area (TPSA) is 41.3 Å². The summed E-state index contributed by atoms with van der Waals surface area (Å²) < 4.78 is 0. The van der Waals surface area contributed by atoms with E-state index >= 15 is 0 Å². The van der Waals surface area contributed by atoms with Crippen LogP contribution in [0, 0.1) is 0 Å². The average molecular weight is 366 g/mol. The lowest BCUT2D eigenvalue weighted by Crippen LogP contribution is -2.50. The van der Waals surface area contributed by atoms with Crippen LogP contribution in [-0.4, -0.2) is 31.1 Å². The molecule has 0 aliphatic carbocycles. The first kappa shape index (κ1) is 19.2. The van der Waals surface area contributed by atoms with Crippen molar-refractivity contribution in [1.82, 2.24) is 10.2 Å². The Balaban J connectivity index is 0.00000104. The van der Waals surface area contributed by atoms with Gasteiger partial charge < -0.3 is 11.1 Å². The summed E-state index contributed by atoms with van der Waals surface area (Å²) in [4.78, 5) is 2.64. The van der Waals surface area contributed by atoms with Gasteiger partial charge in [-0.1, -0.05) is 48.5 Å². The molecule has 2 atom stereocenters. The molecule has 0 aromatic heterocycles. The fourth-order valence-electron chi connectivity index (χ4n) is 4.08. The average Bonchev–Trinajstić information content (AvgIpc) is 2.61. The molecular formula is C19H25Cl2N3. The first-order valence-electron chi connectivity index (χ1n) is 8.20. The first-order valence-corrected chi connectivity index (χ1v) is 8.20. The number of piperazine rings is 1. The van der Waals surface area contributed by atoms with Gasteiger partial charge in [0.1, 0.15) is 0 Å². The van der Waals surface area contributed by atoms with Crippen molar-refractivity contribution in [1.29, 1.82) is 0 Å². The van der Waals surface area contributed by atoms with Gasteiger partial charge in [-0.25, -0.2) is 0 Å². The predicted molar refractivity (Wildman–Crippen MR) is 104 cm³/mol. The number of nitrogens with zero attached hydrogens (tertiary/aromatic N) is 1. The van der Waals surface area contributed by atoms with E-state index in [1.54, 1.807) is 0 Å². The monoisotopic (exact) mass is 365 g/mol. The molecule has 4 rings (SSSR count). The standard InChI is InChI=1S/C19H23N3.2ClH/c20-11-15-7-4-8-16-18-12-21-9-10-22(18)13-17(19(15)16)14-5-2-1-3-6-14;;/h1-8,17-18,21H,9-13,20H2;2*1H/t17-,18+;;/m1../s1. The molecule has 2 aromatic rings. The summed E-state index contributed by atoms with van der Waals surface area (Å²) in [5.74, 6) is 0.435. The number of nitrogens with one attached hydrogen (secondary N) is 1. The Morgan fingerprint density at radius 1 is 1.04 bits per heavy atom. The van der Waals surface area contributed by atoms with Gasteiger partial charge in [-0.2, -0.15) is 0 Å². The SMILES string of the molecule is Cl.Cl.NCc1cccc2c1[C@@H](c1ccccc1)CN1CCNC[C@@H]21. The summed E-state index contributed by atoms with van der Waals surface area (Å²) in [7, 11) is 0. The zero-order valence-corrected chi connectivity index (χ0v) is 15.3. The highest BCUT2D eigenvalue weighted by atomic mass is 35.5. The second kappa shape index (κ2) is 8.32. The molecule has 0 bridgehead atoms. The van der Waals surface area contributed by atoms with E-state index in [1.165, 1.54) is 22.3 Å². The molecule has 0 saturated carbocycles. The van der Waals surface area contributed by atoms with E-state index in [-0.39, 0.29) is 24.8 Å². The smallest absolute Gasteiger partial charge is 0.0476 e. The van der Waals surface area contributed by atoms with Crippen molar-refractivity contribution in [3.63, 3.8) is 0 Å². The second-order valence-corrected chi connectivity index (χ2v) is 6.30. The molecular weight excluding hydrogens is 341 g/mol. The van der Waals surface area contributed by atoms with Crippen molar-refractivity contribution in [2.24, 2.45) is 5.73 Å². The Morgan fingerprint density at radius 2 is 1.83 bits per heavy atom. The van der Waals surface area contributed by atoms with Gasteiger partial charge in [-0.05, 0) is 22.3 Å². The van der Waals surface area contributed by atoms with Crippen LogP contribution in [0.5, 0.6) is 0 Å². The minimum Gasteiger partial charge on any atom is -0.326 e. The lowest BCUT2D eigenvalue weighted by molar-refractivity contribution is 0.143. The van der Waals surface area contributed by atoms with Gasteiger partial charge in [-0.3, -0.25) is 4.90 Å². The summed E-state index contributed by atoms with van der Waals surface area (Å²) in [6.07, 6.45) is 0. The Morgan fingerprint density at radius 3 is 2.58 bits per heavy atom. The van der Waals surface area contributed by atoms with Gasteiger partial charge in [0.2, 0.25) is 0 Å². The summed E-state index contributed by atoms with van der Waals surface area (Å²) in [6.45, 7) is 4.97. The molecule has 2 aromatic carbocycles. The predicted octanol–water partition coefficient (Wildman–Crippen LogP) is 3.08. The van der Waals surface area contributed by atoms with Crippen LogP contribution < -0.4 is 11.1 Å². The Kier molecular flexibility index (Phi) is 6.67. The van der Waals surface area contributed by atoms with Crippen LogP contribution in [0.15, 0.2) is 48.5 Å².